The minimum atomic E-state index is 0.717. The summed E-state index contributed by atoms with van der Waals surface area (Å²) in [7, 11) is 2.08. The van der Waals surface area contributed by atoms with E-state index in [-0.39, 0.29) is 0 Å². The summed E-state index contributed by atoms with van der Waals surface area (Å²) in [5.74, 6) is 1.94. The van der Waals surface area contributed by atoms with Gasteiger partial charge in [0.05, 0.1) is 5.02 Å². The average Bonchev–Trinajstić information content (AvgIpc) is 2.79. The van der Waals surface area contributed by atoms with Gasteiger partial charge in [0.2, 0.25) is 0 Å². The molecule has 1 aromatic heterocycles. The fourth-order valence-electron chi connectivity index (χ4n) is 2.55. The largest absolute Gasteiger partial charge is 0.317 e. The first-order valence-electron chi connectivity index (χ1n) is 6.22. The number of hydrogen-bond acceptors (Lipinski definition) is 3. The molecule has 0 aromatic carbocycles. The normalized spacial score (nSPS) is 24.1. The molecule has 0 saturated heterocycles. The van der Waals surface area contributed by atoms with Crippen molar-refractivity contribution in [1.29, 1.82) is 0 Å². The van der Waals surface area contributed by atoms with Crippen LogP contribution in [0.4, 0.5) is 0 Å². The Hall–Kier alpha value is -0.250. The van der Waals surface area contributed by atoms with E-state index in [1.54, 1.807) is 18.0 Å². The van der Waals surface area contributed by atoms with Crippen molar-refractivity contribution in [1.82, 2.24) is 10.3 Å². The molecule has 2 unspecified atom stereocenters. The van der Waals surface area contributed by atoms with E-state index in [1.165, 1.54) is 25.7 Å². The van der Waals surface area contributed by atoms with Gasteiger partial charge in [-0.3, -0.25) is 0 Å². The Labute approximate surface area is 113 Å². The molecule has 2 nitrogen and oxygen atoms in total. The summed E-state index contributed by atoms with van der Waals surface area (Å²) in [6.07, 6.45) is 7.12. The third-order valence-electron chi connectivity index (χ3n) is 3.48. The predicted octanol–water partition coefficient (Wildman–Crippen LogP) is 3.61. The van der Waals surface area contributed by atoms with Crippen molar-refractivity contribution >= 4 is 23.4 Å². The van der Waals surface area contributed by atoms with Crippen LogP contribution in [0.2, 0.25) is 5.02 Å². The van der Waals surface area contributed by atoms with Crippen LogP contribution in [-0.2, 0) is 0 Å². The van der Waals surface area contributed by atoms with Crippen molar-refractivity contribution < 1.29 is 0 Å². The molecular weight excluding hydrogens is 252 g/mol. The second-order valence-electron chi connectivity index (χ2n) is 4.51. The smallest absolute Gasteiger partial charge is 0.115 e. The van der Waals surface area contributed by atoms with Crippen molar-refractivity contribution in [3.8, 4) is 0 Å². The van der Waals surface area contributed by atoms with Gasteiger partial charge in [0.25, 0.3) is 0 Å². The van der Waals surface area contributed by atoms with Crippen molar-refractivity contribution in [2.75, 3.05) is 12.8 Å². The Morgan fingerprint density at radius 1 is 1.53 bits per heavy atom. The van der Waals surface area contributed by atoms with Gasteiger partial charge in [-0.25, -0.2) is 4.98 Å². The van der Waals surface area contributed by atoms with Gasteiger partial charge in [0, 0.05) is 12.2 Å². The van der Waals surface area contributed by atoms with Crippen molar-refractivity contribution in [2.24, 2.45) is 5.92 Å². The zero-order valence-electron chi connectivity index (χ0n) is 10.2. The number of rotatable bonds is 5. The summed E-state index contributed by atoms with van der Waals surface area (Å²) in [6, 6.07) is 4.50. The number of nitrogens with zero attached hydrogens (tertiary/aromatic N) is 1. The van der Waals surface area contributed by atoms with Crippen LogP contribution in [-0.4, -0.2) is 23.8 Å². The molecule has 1 N–H and O–H groups in total. The molecule has 0 radical (unpaired) electrons. The molecule has 0 spiro atoms. The minimum Gasteiger partial charge on any atom is -0.317 e. The van der Waals surface area contributed by atoms with Gasteiger partial charge in [-0.15, -0.1) is 11.8 Å². The van der Waals surface area contributed by atoms with Crippen LogP contribution in [0.15, 0.2) is 23.4 Å². The molecule has 1 aromatic rings. The molecule has 2 rings (SSSR count). The lowest BCUT2D eigenvalue weighted by Crippen LogP contribution is -2.29. The van der Waals surface area contributed by atoms with E-state index < -0.39 is 0 Å². The molecule has 0 aliphatic heterocycles. The highest BCUT2D eigenvalue weighted by atomic mass is 35.5. The first kappa shape index (κ1) is 13.2. The zero-order chi connectivity index (χ0) is 12.1. The van der Waals surface area contributed by atoms with Crippen LogP contribution in [0.5, 0.6) is 0 Å². The van der Waals surface area contributed by atoms with E-state index in [9.17, 15) is 0 Å². The number of hydrogen-bond donors (Lipinski definition) is 1. The molecule has 17 heavy (non-hydrogen) atoms. The summed E-state index contributed by atoms with van der Waals surface area (Å²) >= 11 is 7.86. The standard InChI is InChI=1S/C13H19ClN2S/c1-15-12-6-2-4-10(12)7-9-17-13-11(14)5-3-8-16-13/h3,5,8,10,12,15H,2,4,6-7,9H2,1H3. The topological polar surface area (TPSA) is 24.9 Å². The summed E-state index contributed by atoms with van der Waals surface area (Å²) in [5.41, 5.74) is 0. The quantitative estimate of drug-likeness (QED) is 0.828. The summed E-state index contributed by atoms with van der Waals surface area (Å²) in [5, 5.41) is 5.16. The Bertz CT molecular complexity index is 359. The minimum absolute atomic E-state index is 0.717. The fourth-order valence-corrected chi connectivity index (χ4v) is 3.79. The van der Waals surface area contributed by atoms with Crippen molar-refractivity contribution in [3.05, 3.63) is 23.4 Å². The lowest BCUT2D eigenvalue weighted by atomic mass is 10.0. The maximum atomic E-state index is 6.08. The van der Waals surface area contributed by atoms with E-state index in [0.717, 1.165) is 27.8 Å². The molecule has 0 amide bonds. The van der Waals surface area contributed by atoms with Crippen LogP contribution < -0.4 is 5.32 Å². The second kappa shape index (κ2) is 6.62. The van der Waals surface area contributed by atoms with Crippen LogP contribution in [0.1, 0.15) is 25.7 Å². The Balaban J connectivity index is 1.78. The van der Waals surface area contributed by atoms with Gasteiger partial charge in [0.1, 0.15) is 5.03 Å². The number of halogens is 1. The molecule has 0 bridgehead atoms. The van der Waals surface area contributed by atoms with Crippen LogP contribution in [0.25, 0.3) is 0 Å². The average molecular weight is 271 g/mol. The summed E-state index contributed by atoms with van der Waals surface area (Å²) in [4.78, 5) is 4.30. The lowest BCUT2D eigenvalue weighted by Gasteiger charge is -2.18. The summed E-state index contributed by atoms with van der Waals surface area (Å²) < 4.78 is 0. The third-order valence-corrected chi connectivity index (χ3v) is 4.94. The van der Waals surface area contributed by atoms with E-state index in [4.69, 9.17) is 11.6 Å². The van der Waals surface area contributed by atoms with Crippen LogP contribution in [0, 0.1) is 5.92 Å². The van der Waals surface area contributed by atoms with Gasteiger partial charge in [0.15, 0.2) is 0 Å². The van der Waals surface area contributed by atoms with Crippen molar-refractivity contribution in [3.63, 3.8) is 0 Å². The Morgan fingerprint density at radius 3 is 3.18 bits per heavy atom. The molecule has 1 aliphatic carbocycles. The number of aromatic nitrogens is 1. The Morgan fingerprint density at radius 2 is 2.41 bits per heavy atom. The molecule has 94 valence electrons. The second-order valence-corrected chi connectivity index (χ2v) is 6.00. The first-order valence-corrected chi connectivity index (χ1v) is 7.58. The van der Waals surface area contributed by atoms with Gasteiger partial charge in [-0.1, -0.05) is 18.0 Å². The maximum absolute atomic E-state index is 6.08. The van der Waals surface area contributed by atoms with Crippen molar-refractivity contribution in [2.45, 2.75) is 36.8 Å². The van der Waals surface area contributed by atoms with Crippen LogP contribution in [0.3, 0.4) is 0 Å². The van der Waals surface area contributed by atoms with E-state index in [2.05, 4.69) is 17.3 Å². The van der Waals surface area contributed by atoms with Gasteiger partial charge in [-0.2, -0.15) is 0 Å². The Kier molecular flexibility index (Phi) is 5.14. The number of pyridine rings is 1. The molecule has 4 heteroatoms. The highest BCUT2D eigenvalue weighted by Gasteiger charge is 2.25. The first-order chi connectivity index (χ1) is 8.31. The van der Waals surface area contributed by atoms with Gasteiger partial charge >= 0.3 is 0 Å². The highest BCUT2D eigenvalue weighted by molar-refractivity contribution is 7.99. The predicted molar refractivity (Wildman–Crippen MR) is 74.8 cm³/mol. The number of thioether (sulfide) groups is 1. The number of nitrogens with one attached hydrogen (secondary N) is 1. The van der Waals surface area contributed by atoms with Crippen LogP contribution >= 0.6 is 23.4 Å². The zero-order valence-corrected chi connectivity index (χ0v) is 11.7. The molecular formula is C13H19ClN2S. The lowest BCUT2D eigenvalue weighted by molar-refractivity contribution is 0.417. The molecule has 1 heterocycles. The highest BCUT2D eigenvalue weighted by Crippen LogP contribution is 2.31. The summed E-state index contributed by atoms with van der Waals surface area (Å²) in [6.45, 7) is 0. The van der Waals surface area contributed by atoms with Gasteiger partial charge in [-0.05, 0) is 50.1 Å². The fraction of sp³-hybridized carbons (Fsp3) is 0.615. The SMILES string of the molecule is CNC1CCCC1CCSc1ncccc1Cl. The van der Waals surface area contributed by atoms with E-state index >= 15 is 0 Å². The molecule has 1 fully saturated rings. The van der Waals surface area contributed by atoms with Gasteiger partial charge < -0.3 is 5.32 Å². The maximum Gasteiger partial charge on any atom is 0.115 e. The van der Waals surface area contributed by atoms with E-state index in [0.29, 0.717) is 0 Å². The third kappa shape index (κ3) is 3.60. The molecule has 1 saturated carbocycles. The molecule has 2 atom stereocenters. The molecule has 1 aliphatic rings. The van der Waals surface area contributed by atoms with E-state index in [1.807, 2.05) is 12.1 Å². The monoisotopic (exact) mass is 270 g/mol.